The zero-order valence-corrected chi connectivity index (χ0v) is 10.7. The molecule has 1 aliphatic heterocycles. The first kappa shape index (κ1) is 11.5. The topological polar surface area (TPSA) is 42.7 Å². The standard InChI is InChI=1S/C13H18N4O/c1-18-11-4-9-17-13(10-11)14-12(15-17)5-8-16-6-2-3-7-16/h4,9-10H,2-3,5-8H2,1H3. The molecule has 2 aromatic rings. The first-order valence-electron chi connectivity index (χ1n) is 6.47. The molecule has 2 aromatic heterocycles. The van der Waals surface area contributed by atoms with Gasteiger partial charge < -0.3 is 9.64 Å². The maximum atomic E-state index is 5.18. The number of methoxy groups -OCH3 is 1. The fourth-order valence-corrected chi connectivity index (χ4v) is 2.41. The van der Waals surface area contributed by atoms with E-state index in [4.69, 9.17) is 4.74 Å². The van der Waals surface area contributed by atoms with E-state index >= 15 is 0 Å². The van der Waals surface area contributed by atoms with Crippen LogP contribution in [0.5, 0.6) is 5.75 Å². The van der Waals surface area contributed by atoms with E-state index in [2.05, 4.69) is 15.0 Å². The smallest absolute Gasteiger partial charge is 0.159 e. The van der Waals surface area contributed by atoms with Gasteiger partial charge in [0.2, 0.25) is 0 Å². The van der Waals surface area contributed by atoms with Crippen molar-refractivity contribution < 1.29 is 4.74 Å². The number of aromatic nitrogens is 3. The van der Waals surface area contributed by atoms with Crippen molar-refractivity contribution in [3.8, 4) is 5.75 Å². The van der Waals surface area contributed by atoms with Gasteiger partial charge in [-0.3, -0.25) is 0 Å². The zero-order valence-electron chi connectivity index (χ0n) is 10.7. The van der Waals surface area contributed by atoms with Crippen molar-refractivity contribution in [3.05, 3.63) is 24.2 Å². The number of hydrogen-bond donors (Lipinski definition) is 0. The van der Waals surface area contributed by atoms with Crippen LogP contribution in [-0.4, -0.2) is 46.2 Å². The molecule has 0 atom stereocenters. The summed E-state index contributed by atoms with van der Waals surface area (Å²) in [7, 11) is 1.66. The predicted molar refractivity (Wildman–Crippen MR) is 68.9 cm³/mol. The molecule has 5 heteroatoms. The summed E-state index contributed by atoms with van der Waals surface area (Å²) in [6.07, 6.45) is 5.47. The molecule has 0 aliphatic carbocycles. The van der Waals surface area contributed by atoms with Gasteiger partial charge in [0.15, 0.2) is 11.5 Å². The van der Waals surface area contributed by atoms with Crippen LogP contribution in [0, 0.1) is 0 Å². The van der Waals surface area contributed by atoms with Gasteiger partial charge in [-0.2, -0.15) is 5.10 Å². The van der Waals surface area contributed by atoms with Crippen molar-refractivity contribution in [2.75, 3.05) is 26.7 Å². The molecule has 0 N–H and O–H groups in total. The summed E-state index contributed by atoms with van der Waals surface area (Å²) < 4.78 is 6.99. The van der Waals surface area contributed by atoms with Crippen molar-refractivity contribution in [1.82, 2.24) is 19.5 Å². The number of nitrogens with zero attached hydrogens (tertiary/aromatic N) is 4. The van der Waals surface area contributed by atoms with Gasteiger partial charge in [0.25, 0.3) is 0 Å². The fraction of sp³-hybridized carbons (Fsp3) is 0.538. The van der Waals surface area contributed by atoms with Gasteiger partial charge in [-0.1, -0.05) is 0 Å². The SMILES string of the molecule is COc1ccn2nc(CCN3CCCC3)nc2c1. The van der Waals surface area contributed by atoms with Crippen LogP contribution in [0.4, 0.5) is 0 Å². The van der Waals surface area contributed by atoms with Gasteiger partial charge in [0, 0.05) is 25.2 Å². The van der Waals surface area contributed by atoms with Crippen LogP contribution in [0.3, 0.4) is 0 Å². The van der Waals surface area contributed by atoms with Crippen LogP contribution in [0.1, 0.15) is 18.7 Å². The van der Waals surface area contributed by atoms with Gasteiger partial charge in [-0.25, -0.2) is 9.50 Å². The van der Waals surface area contributed by atoms with Gasteiger partial charge in [0.05, 0.1) is 7.11 Å². The molecule has 1 fully saturated rings. The molecule has 18 heavy (non-hydrogen) atoms. The van der Waals surface area contributed by atoms with E-state index in [-0.39, 0.29) is 0 Å². The van der Waals surface area contributed by atoms with E-state index in [0.717, 1.165) is 30.2 Å². The van der Waals surface area contributed by atoms with Crippen LogP contribution in [0.15, 0.2) is 18.3 Å². The Hall–Kier alpha value is -1.62. The number of hydrogen-bond acceptors (Lipinski definition) is 4. The van der Waals surface area contributed by atoms with E-state index in [1.165, 1.54) is 25.9 Å². The predicted octanol–water partition coefficient (Wildman–Crippen LogP) is 1.38. The minimum Gasteiger partial charge on any atom is -0.497 e. The lowest BCUT2D eigenvalue weighted by Crippen LogP contribution is -2.22. The molecule has 0 spiro atoms. The van der Waals surface area contributed by atoms with Gasteiger partial charge in [-0.15, -0.1) is 0 Å². The average Bonchev–Trinajstić information content (AvgIpc) is 3.04. The summed E-state index contributed by atoms with van der Waals surface area (Å²) in [4.78, 5) is 7.01. The van der Waals surface area contributed by atoms with Crippen LogP contribution in [0.2, 0.25) is 0 Å². The number of rotatable bonds is 4. The molecule has 1 aliphatic rings. The second kappa shape index (κ2) is 4.94. The molecular formula is C13H18N4O. The van der Waals surface area contributed by atoms with Crippen molar-refractivity contribution in [2.24, 2.45) is 0 Å². The molecule has 0 unspecified atom stereocenters. The highest BCUT2D eigenvalue weighted by Gasteiger charge is 2.12. The van der Waals surface area contributed by atoms with Gasteiger partial charge in [-0.05, 0) is 32.0 Å². The van der Waals surface area contributed by atoms with E-state index in [0.29, 0.717) is 0 Å². The van der Waals surface area contributed by atoms with E-state index < -0.39 is 0 Å². The summed E-state index contributed by atoms with van der Waals surface area (Å²) in [5.74, 6) is 1.73. The van der Waals surface area contributed by atoms with Gasteiger partial charge >= 0.3 is 0 Å². The van der Waals surface area contributed by atoms with Crippen LogP contribution in [-0.2, 0) is 6.42 Å². The fourth-order valence-electron chi connectivity index (χ4n) is 2.41. The Morgan fingerprint density at radius 2 is 2.17 bits per heavy atom. The van der Waals surface area contributed by atoms with E-state index in [1.807, 2.05) is 22.8 Å². The molecular weight excluding hydrogens is 228 g/mol. The molecule has 96 valence electrons. The summed E-state index contributed by atoms with van der Waals surface area (Å²) in [6, 6.07) is 3.80. The third kappa shape index (κ3) is 2.31. The lowest BCUT2D eigenvalue weighted by molar-refractivity contribution is 0.341. The van der Waals surface area contributed by atoms with Crippen molar-refractivity contribution in [2.45, 2.75) is 19.3 Å². The number of ether oxygens (including phenoxy) is 1. The molecule has 3 heterocycles. The highest BCUT2D eigenvalue weighted by molar-refractivity contribution is 5.43. The number of likely N-dealkylation sites (tertiary alicyclic amines) is 1. The van der Waals surface area contributed by atoms with Crippen LogP contribution in [0.25, 0.3) is 5.65 Å². The Labute approximate surface area is 106 Å². The third-order valence-electron chi connectivity index (χ3n) is 3.44. The second-order valence-electron chi connectivity index (χ2n) is 4.70. The molecule has 0 bridgehead atoms. The minimum atomic E-state index is 0.820. The number of pyridine rings is 1. The van der Waals surface area contributed by atoms with Crippen molar-refractivity contribution in [1.29, 1.82) is 0 Å². The Bertz CT molecular complexity index is 531. The normalized spacial score (nSPS) is 16.5. The Morgan fingerprint density at radius 1 is 1.33 bits per heavy atom. The first-order valence-corrected chi connectivity index (χ1v) is 6.47. The highest BCUT2D eigenvalue weighted by atomic mass is 16.5. The average molecular weight is 246 g/mol. The molecule has 0 radical (unpaired) electrons. The summed E-state index contributed by atoms with van der Waals surface area (Å²) in [6.45, 7) is 3.51. The Morgan fingerprint density at radius 3 is 2.94 bits per heavy atom. The Kier molecular flexibility index (Phi) is 3.15. The maximum Gasteiger partial charge on any atom is 0.159 e. The van der Waals surface area contributed by atoms with E-state index in [9.17, 15) is 0 Å². The lowest BCUT2D eigenvalue weighted by Gasteiger charge is -2.12. The number of fused-ring (bicyclic) bond motifs is 1. The quantitative estimate of drug-likeness (QED) is 0.817. The molecule has 0 amide bonds. The lowest BCUT2D eigenvalue weighted by atomic mass is 10.4. The molecule has 5 nitrogen and oxygen atoms in total. The second-order valence-corrected chi connectivity index (χ2v) is 4.70. The van der Waals surface area contributed by atoms with E-state index in [1.54, 1.807) is 7.11 Å². The molecule has 0 aromatic carbocycles. The summed E-state index contributed by atoms with van der Waals surface area (Å²) in [5, 5.41) is 4.47. The highest BCUT2D eigenvalue weighted by Crippen LogP contribution is 2.13. The molecule has 3 rings (SSSR count). The molecule has 0 saturated carbocycles. The monoisotopic (exact) mass is 246 g/mol. The Balaban J connectivity index is 1.72. The van der Waals surface area contributed by atoms with Crippen LogP contribution >= 0.6 is 0 Å². The summed E-state index contributed by atoms with van der Waals surface area (Å²) in [5.41, 5.74) is 0.853. The maximum absolute atomic E-state index is 5.18. The zero-order chi connectivity index (χ0) is 12.4. The van der Waals surface area contributed by atoms with Crippen molar-refractivity contribution >= 4 is 5.65 Å². The first-order chi connectivity index (χ1) is 8.85. The van der Waals surface area contributed by atoms with Gasteiger partial charge in [0.1, 0.15) is 5.75 Å². The van der Waals surface area contributed by atoms with Crippen LogP contribution < -0.4 is 4.74 Å². The largest absolute Gasteiger partial charge is 0.497 e. The van der Waals surface area contributed by atoms with Crippen molar-refractivity contribution in [3.63, 3.8) is 0 Å². The third-order valence-corrected chi connectivity index (χ3v) is 3.44. The minimum absolute atomic E-state index is 0.820. The summed E-state index contributed by atoms with van der Waals surface area (Å²) >= 11 is 0. The molecule has 1 saturated heterocycles.